The first-order valence-corrected chi connectivity index (χ1v) is 21.7. The molecule has 20 heteroatoms. The van der Waals surface area contributed by atoms with Gasteiger partial charge in [0.1, 0.15) is 60.9 Å². The molecule has 5 amide bonds. The average Bonchev–Trinajstić information content (AvgIpc) is 3.49. The molecule has 20 nitrogen and oxygen atoms in total. The van der Waals surface area contributed by atoms with Crippen molar-refractivity contribution in [3.63, 3.8) is 0 Å². The average molecular weight is 863 g/mol. The number of amides is 5. The Kier molecular flexibility index (Phi) is 20.3. The topological polar surface area (TPSA) is 306 Å². The molecule has 4 saturated heterocycles. The highest BCUT2D eigenvalue weighted by atomic mass is 16.8. The van der Waals surface area contributed by atoms with E-state index in [1.807, 2.05) is 0 Å². The van der Waals surface area contributed by atoms with Crippen molar-refractivity contribution in [2.24, 2.45) is 5.92 Å². The van der Waals surface area contributed by atoms with Crippen LogP contribution in [0.4, 0.5) is 4.79 Å². The van der Waals surface area contributed by atoms with E-state index in [2.05, 4.69) is 29.8 Å². The molecular weight excluding hydrogens is 792 g/mol. The first-order valence-electron chi connectivity index (χ1n) is 21.7. The summed E-state index contributed by atoms with van der Waals surface area (Å²) in [4.78, 5) is 50.4. The van der Waals surface area contributed by atoms with Gasteiger partial charge in [-0.3, -0.25) is 24.6 Å². The van der Waals surface area contributed by atoms with E-state index in [4.69, 9.17) is 18.9 Å². The molecule has 4 aliphatic heterocycles. The van der Waals surface area contributed by atoms with E-state index in [-0.39, 0.29) is 19.4 Å². The molecule has 0 aromatic rings. The maximum absolute atomic E-state index is 13.3. The van der Waals surface area contributed by atoms with Gasteiger partial charge in [0, 0.05) is 32.7 Å². The summed E-state index contributed by atoms with van der Waals surface area (Å²) in [6.45, 7) is 4.74. The smallest absolute Gasteiger partial charge is 0.326 e. The van der Waals surface area contributed by atoms with Gasteiger partial charge in [-0.2, -0.15) is 0 Å². The fourth-order valence-corrected chi connectivity index (χ4v) is 8.26. The lowest BCUT2D eigenvalue weighted by molar-refractivity contribution is -0.347. The maximum atomic E-state index is 13.3. The molecule has 11 N–H and O–H groups in total. The number of hydrogen-bond acceptors (Lipinski definition) is 16. The van der Waals surface area contributed by atoms with Gasteiger partial charge in [0.15, 0.2) is 18.8 Å². The van der Waals surface area contributed by atoms with Gasteiger partial charge in [-0.05, 0) is 12.3 Å². The number of nitrogens with zero attached hydrogens (tertiary/aromatic N) is 1. The lowest BCUT2D eigenvalue weighted by atomic mass is 9.91. The molecule has 4 aliphatic rings. The number of carbonyl (C=O) groups excluding carboxylic acids is 4. The Morgan fingerprint density at radius 3 is 1.83 bits per heavy atom. The van der Waals surface area contributed by atoms with Crippen LogP contribution in [0.2, 0.25) is 0 Å². The van der Waals surface area contributed by atoms with Crippen molar-refractivity contribution in [1.82, 2.24) is 20.9 Å². The highest BCUT2D eigenvalue weighted by molar-refractivity contribution is 5.96. The number of urea groups is 1. The number of imide groups is 1. The fraction of sp³-hybridized carbons (Fsp3) is 0.900. The van der Waals surface area contributed by atoms with Gasteiger partial charge < -0.3 is 70.4 Å². The minimum atomic E-state index is -1.81. The molecule has 0 aromatic carbocycles. The Hall–Kier alpha value is -2.60. The molecule has 4 rings (SSSR count). The summed E-state index contributed by atoms with van der Waals surface area (Å²) in [6.07, 6.45) is -8.76. The van der Waals surface area contributed by atoms with Gasteiger partial charge in [0.05, 0.1) is 18.8 Å². The summed E-state index contributed by atoms with van der Waals surface area (Å²) in [5, 5.41) is 93.9. The van der Waals surface area contributed by atoms with Gasteiger partial charge >= 0.3 is 6.03 Å². The molecule has 4 fully saturated rings. The van der Waals surface area contributed by atoms with E-state index in [1.165, 1.54) is 44.9 Å². The molecule has 0 aromatic heterocycles. The van der Waals surface area contributed by atoms with Crippen LogP contribution in [0, 0.1) is 5.92 Å². The molecule has 0 unspecified atom stereocenters. The van der Waals surface area contributed by atoms with E-state index < -0.39 is 129 Å². The minimum absolute atomic E-state index is 0.0695. The second-order valence-electron chi connectivity index (χ2n) is 17.1. The van der Waals surface area contributed by atoms with Crippen LogP contribution in [-0.4, -0.2) is 175 Å². The van der Waals surface area contributed by atoms with Gasteiger partial charge in [-0.25, -0.2) is 4.79 Å². The Balaban J connectivity index is 1.38. The van der Waals surface area contributed by atoms with Gasteiger partial charge in [0.25, 0.3) is 0 Å². The van der Waals surface area contributed by atoms with Crippen molar-refractivity contribution < 1.29 is 79.0 Å². The molecule has 4 heterocycles. The summed E-state index contributed by atoms with van der Waals surface area (Å²) in [5.74, 6) is -0.936. The number of aliphatic hydroxyl groups excluding tert-OH is 8. The lowest BCUT2D eigenvalue weighted by Gasteiger charge is -2.47. The van der Waals surface area contributed by atoms with Crippen LogP contribution in [-0.2, 0) is 33.3 Å². The SMILES string of the molecule is CC(=O)N[C@H]1[C@@H](O[C@@H]2O[C@H](C[C@@H](O)[C@H]3O[C@@H](N4CCC(=O)NC4=O)[C@H](O)[C@@H]3O)[C@H](O)[C@H](O)[C@H]2NC(=O)CCCCCCCCCCCCCC(C)C)O[C@H](CO)[C@@H](O)[C@@H]1O. The number of nitrogens with one attached hydrogen (secondary N) is 3. The van der Waals surface area contributed by atoms with Gasteiger partial charge in [-0.1, -0.05) is 84.5 Å². The first kappa shape index (κ1) is 50.0. The summed E-state index contributed by atoms with van der Waals surface area (Å²) < 4.78 is 23.5. The zero-order chi connectivity index (χ0) is 44.1. The zero-order valence-corrected chi connectivity index (χ0v) is 35.0. The van der Waals surface area contributed by atoms with E-state index in [0.29, 0.717) is 6.42 Å². The van der Waals surface area contributed by atoms with Crippen molar-refractivity contribution in [2.75, 3.05) is 13.2 Å². The lowest BCUT2D eigenvalue weighted by Crippen LogP contribution is -2.69. The van der Waals surface area contributed by atoms with Crippen molar-refractivity contribution in [1.29, 1.82) is 0 Å². The fourth-order valence-electron chi connectivity index (χ4n) is 8.26. The number of hydrogen-bond donors (Lipinski definition) is 11. The molecule has 0 spiro atoms. The predicted molar refractivity (Wildman–Crippen MR) is 210 cm³/mol. The summed E-state index contributed by atoms with van der Waals surface area (Å²) >= 11 is 0. The number of carbonyl (C=O) groups is 4. The van der Waals surface area contributed by atoms with Crippen LogP contribution >= 0.6 is 0 Å². The van der Waals surface area contributed by atoms with E-state index in [0.717, 1.165) is 43.4 Å². The van der Waals surface area contributed by atoms with Crippen LogP contribution in [0.3, 0.4) is 0 Å². The summed E-state index contributed by atoms with van der Waals surface area (Å²) in [5.41, 5.74) is 0. The normalized spacial score (nSPS) is 35.4. The second-order valence-corrected chi connectivity index (χ2v) is 17.1. The molecule has 0 saturated carbocycles. The zero-order valence-electron chi connectivity index (χ0n) is 35.0. The van der Waals surface area contributed by atoms with Crippen molar-refractivity contribution in [3.8, 4) is 0 Å². The van der Waals surface area contributed by atoms with Crippen LogP contribution in [0.5, 0.6) is 0 Å². The summed E-state index contributed by atoms with van der Waals surface area (Å²) in [6, 6.07) is -3.79. The van der Waals surface area contributed by atoms with Crippen molar-refractivity contribution >= 4 is 23.8 Å². The van der Waals surface area contributed by atoms with Gasteiger partial charge in [-0.15, -0.1) is 0 Å². The van der Waals surface area contributed by atoms with E-state index in [1.54, 1.807) is 0 Å². The molecule has 346 valence electrons. The van der Waals surface area contributed by atoms with E-state index in [9.17, 15) is 60.0 Å². The maximum Gasteiger partial charge on any atom is 0.326 e. The van der Waals surface area contributed by atoms with Crippen molar-refractivity contribution in [2.45, 2.75) is 209 Å². The van der Waals surface area contributed by atoms with Crippen LogP contribution in [0.1, 0.15) is 117 Å². The highest BCUT2D eigenvalue weighted by Crippen LogP contribution is 2.33. The monoisotopic (exact) mass is 862 g/mol. The molecule has 0 radical (unpaired) electrons. The largest absolute Gasteiger partial charge is 0.394 e. The number of aliphatic hydroxyl groups is 8. The summed E-state index contributed by atoms with van der Waals surface area (Å²) in [7, 11) is 0. The molecule has 60 heavy (non-hydrogen) atoms. The Morgan fingerprint density at radius 2 is 1.28 bits per heavy atom. The Labute approximate surface area is 351 Å². The third-order valence-corrected chi connectivity index (χ3v) is 11.8. The number of ether oxygens (including phenoxy) is 4. The minimum Gasteiger partial charge on any atom is -0.394 e. The molecule has 0 aliphatic carbocycles. The third kappa shape index (κ3) is 14.0. The van der Waals surface area contributed by atoms with E-state index >= 15 is 0 Å². The third-order valence-electron chi connectivity index (χ3n) is 11.8. The molecule has 15 atom stereocenters. The van der Waals surface area contributed by atoms with Crippen LogP contribution in [0.25, 0.3) is 0 Å². The molecular formula is C40H70N4O16. The Morgan fingerprint density at radius 1 is 0.750 bits per heavy atom. The quantitative estimate of drug-likeness (QED) is 0.0535. The van der Waals surface area contributed by atoms with Gasteiger partial charge in [0.2, 0.25) is 17.7 Å². The molecule has 0 bridgehead atoms. The number of rotatable bonds is 23. The second kappa shape index (κ2) is 24.3. The predicted octanol–water partition coefficient (Wildman–Crippen LogP) is -1.25. The highest BCUT2D eigenvalue weighted by Gasteiger charge is 2.54. The van der Waals surface area contributed by atoms with Crippen LogP contribution < -0.4 is 16.0 Å². The number of unbranched alkanes of at least 4 members (excludes halogenated alkanes) is 10. The first-order chi connectivity index (χ1) is 28.5. The van der Waals surface area contributed by atoms with Crippen molar-refractivity contribution in [3.05, 3.63) is 0 Å². The standard InChI is InChI=1S/C40H70N4O16/c1-21(2)15-13-11-9-7-5-4-6-8-10-12-14-16-26(48)42-29-33(53)30(50)24(57-39(29)60-38-28(41-22(3)46)32(52)31(51)25(20-45)58-38)19-23(47)36-34(54)35(55)37(59-36)44-18-17-27(49)43-40(44)56/h21,23-25,28-39,45,47,50-55H,4-20H2,1-3H3,(H,41,46)(H,42,48)(H,43,49,56)/t23-,24-,25-,28-,29-,30+,31-,32-,33-,34+,35-,36-,37-,38-,39+/m1/s1. The Bertz CT molecular complexity index is 1360. The van der Waals surface area contributed by atoms with Crippen LogP contribution in [0.15, 0.2) is 0 Å².